The zero-order valence-electron chi connectivity index (χ0n) is 7.66. The molecule has 4 heteroatoms. The molecule has 70 valence electrons. The van der Waals surface area contributed by atoms with Crippen molar-refractivity contribution < 1.29 is 4.79 Å². The number of nitrogens with zero attached hydrogens (tertiary/aromatic N) is 2. The van der Waals surface area contributed by atoms with E-state index in [0.717, 1.165) is 12.1 Å². The molecule has 0 radical (unpaired) electrons. The third kappa shape index (κ3) is 3.11. The number of hydrogen-bond acceptors (Lipinski definition) is 2. The summed E-state index contributed by atoms with van der Waals surface area (Å²) in [6, 6.07) is 1.93. The molecule has 1 aromatic heterocycles. The molecule has 0 saturated heterocycles. The van der Waals surface area contributed by atoms with Gasteiger partial charge in [0, 0.05) is 26.2 Å². The lowest BCUT2D eigenvalue weighted by Crippen LogP contribution is -2.23. The van der Waals surface area contributed by atoms with Crippen molar-refractivity contribution in [3.8, 4) is 0 Å². The quantitative estimate of drug-likeness (QED) is 0.674. The summed E-state index contributed by atoms with van der Waals surface area (Å²) in [5.41, 5.74) is 0.979. The summed E-state index contributed by atoms with van der Waals surface area (Å²) in [6.45, 7) is 3.96. The van der Waals surface area contributed by atoms with Gasteiger partial charge in [-0.3, -0.25) is 9.48 Å². The number of amides is 1. The van der Waals surface area contributed by atoms with Crippen LogP contribution in [0.25, 0.3) is 0 Å². The van der Waals surface area contributed by atoms with Crippen LogP contribution in [0.3, 0.4) is 0 Å². The van der Waals surface area contributed by atoms with Gasteiger partial charge in [0.1, 0.15) is 0 Å². The summed E-state index contributed by atoms with van der Waals surface area (Å²) in [4.78, 5) is 10.8. The molecule has 1 amide bonds. The van der Waals surface area contributed by atoms with E-state index in [4.69, 9.17) is 0 Å². The Hall–Kier alpha value is -1.58. The van der Waals surface area contributed by atoms with E-state index in [2.05, 4.69) is 17.0 Å². The normalized spacial score (nSPS) is 9.62. The molecule has 0 aliphatic carbocycles. The van der Waals surface area contributed by atoms with E-state index >= 15 is 0 Å². The highest BCUT2D eigenvalue weighted by Crippen LogP contribution is 1.93. The Balaban J connectivity index is 2.27. The maximum atomic E-state index is 10.8. The van der Waals surface area contributed by atoms with Crippen molar-refractivity contribution in [2.24, 2.45) is 7.05 Å². The third-order valence-corrected chi connectivity index (χ3v) is 1.63. The van der Waals surface area contributed by atoms with Gasteiger partial charge in [0.25, 0.3) is 0 Å². The van der Waals surface area contributed by atoms with Crippen molar-refractivity contribution in [3.63, 3.8) is 0 Å². The Morgan fingerprint density at radius 3 is 3.15 bits per heavy atom. The molecular formula is C9H13N3O. The van der Waals surface area contributed by atoms with E-state index in [-0.39, 0.29) is 5.91 Å². The highest BCUT2D eigenvalue weighted by atomic mass is 16.1. The molecule has 0 saturated carbocycles. The molecule has 0 spiro atoms. The Kier molecular flexibility index (Phi) is 3.25. The van der Waals surface area contributed by atoms with Crippen LogP contribution in [0.5, 0.6) is 0 Å². The zero-order valence-corrected chi connectivity index (χ0v) is 7.66. The molecule has 0 aliphatic heterocycles. The number of carbonyl (C=O) groups excluding carboxylic acids is 1. The minimum Gasteiger partial charge on any atom is -0.352 e. The summed E-state index contributed by atoms with van der Waals surface area (Å²) >= 11 is 0. The molecule has 1 aromatic rings. The maximum absolute atomic E-state index is 10.8. The topological polar surface area (TPSA) is 46.9 Å². The monoisotopic (exact) mass is 179 g/mol. The molecule has 0 unspecified atom stereocenters. The number of rotatable bonds is 4. The van der Waals surface area contributed by atoms with Crippen LogP contribution in [0.4, 0.5) is 0 Å². The van der Waals surface area contributed by atoms with Gasteiger partial charge in [-0.15, -0.1) is 0 Å². The number of aryl methyl sites for hydroxylation is 1. The summed E-state index contributed by atoms with van der Waals surface area (Å²) in [5.74, 6) is -0.143. The standard InChI is InChI=1S/C9H13N3O/c1-3-9(13)10-6-4-8-5-7-12(2)11-8/h3,5,7H,1,4,6H2,2H3,(H,10,13). The minimum absolute atomic E-state index is 0.143. The number of aromatic nitrogens is 2. The average Bonchev–Trinajstić information content (AvgIpc) is 2.51. The second-order valence-electron chi connectivity index (χ2n) is 2.73. The van der Waals surface area contributed by atoms with E-state index in [1.807, 2.05) is 19.3 Å². The number of nitrogens with one attached hydrogen (secondary N) is 1. The predicted octanol–water partition coefficient (Wildman–Crippen LogP) is 0.265. The van der Waals surface area contributed by atoms with E-state index in [1.165, 1.54) is 6.08 Å². The van der Waals surface area contributed by atoms with Gasteiger partial charge in [0.05, 0.1) is 5.69 Å². The highest BCUT2D eigenvalue weighted by Gasteiger charge is 1.97. The van der Waals surface area contributed by atoms with Crippen LogP contribution in [0.15, 0.2) is 24.9 Å². The van der Waals surface area contributed by atoms with Crippen LogP contribution in [0.2, 0.25) is 0 Å². The largest absolute Gasteiger partial charge is 0.352 e. The molecule has 0 atom stereocenters. The Morgan fingerprint density at radius 1 is 1.85 bits per heavy atom. The van der Waals surface area contributed by atoms with Crippen molar-refractivity contribution in [2.75, 3.05) is 6.54 Å². The first kappa shape index (κ1) is 9.51. The zero-order chi connectivity index (χ0) is 9.68. The Morgan fingerprint density at radius 2 is 2.62 bits per heavy atom. The highest BCUT2D eigenvalue weighted by molar-refractivity contribution is 5.86. The van der Waals surface area contributed by atoms with E-state index in [1.54, 1.807) is 4.68 Å². The average molecular weight is 179 g/mol. The fraction of sp³-hybridized carbons (Fsp3) is 0.333. The second kappa shape index (κ2) is 4.45. The summed E-state index contributed by atoms with van der Waals surface area (Å²) in [5, 5.41) is 6.86. The molecule has 1 heterocycles. The van der Waals surface area contributed by atoms with E-state index in [9.17, 15) is 4.79 Å². The van der Waals surface area contributed by atoms with Gasteiger partial charge in [-0.1, -0.05) is 6.58 Å². The number of hydrogen-bond donors (Lipinski definition) is 1. The Labute approximate surface area is 77.3 Å². The number of carbonyl (C=O) groups is 1. The molecule has 1 N–H and O–H groups in total. The van der Waals surface area contributed by atoms with Crippen LogP contribution in [-0.2, 0) is 18.3 Å². The summed E-state index contributed by atoms with van der Waals surface area (Å²) in [7, 11) is 1.87. The van der Waals surface area contributed by atoms with Crippen LogP contribution in [-0.4, -0.2) is 22.2 Å². The van der Waals surface area contributed by atoms with Crippen LogP contribution >= 0.6 is 0 Å². The van der Waals surface area contributed by atoms with Gasteiger partial charge >= 0.3 is 0 Å². The summed E-state index contributed by atoms with van der Waals surface area (Å²) < 4.78 is 1.74. The van der Waals surface area contributed by atoms with Crippen LogP contribution < -0.4 is 5.32 Å². The van der Waals surface area contributed by atoms with E-state index in [0.29, 0.717) is 6.54 Å². The van der Waals surface area contributed by atoms with Gasteiger partial charge in [-0.05, 0) is 12.1 Å². The second-order valence-corrected chi connectivity index (χ2v) is 2.73. The van der Waals surface area contributed by atoms with Gasteiger partial charge < -0.3 is 5.32 Å². The molecule has 0 aliphatic rings. The smallest absolute Gasteiger partial charge is 0.243 e. The molecule has 0 aromatic carbocycles. The van der Waals surface area contributed by atoms with Gasteiger partial charge in [-0.2, -0.15) is 5.10 Å². The van der Waals surface area contributed by atoms with Gasteiger partial charge in [0.2, 0.25) is 5.91 Å². The first-order valence-electron chi connectivity index (χ1n) is 4.11. The van der Waals surface area contributed by atoms with Crippen molar-refractivity contribution >= 4 is 5.91 Å². The van der Waals surface area contributed by atoms with Gasteiger partial charge in [-0.25, -0.2) is 0 Å². The predicted molar refractivity (Wildman–Crippen MR) is 50.1 cm³/mol. The third-order valence-electron chi connectivity index (χ3n) is 1.63. The van der Waals surface area contributed by atoms with Crippen molar-refractivity contribution in [3.05, 3.63) is 30.6 Å². The minimum atomic E-state index is -0.143. The molecular weight excluding hydrogens is 166 g/mol. The molecule has 13 heavy (non-hydrogen) atoms. The molecule has 0 fully saturated rings. The Bertz CT molecular complexity index is 304. The van der Waals surface area contributed by atoms with Crippen LogP contribution in [0, 0.1) is 0 Å². The first-order valence-corrected chi connectivity index (χ1v) is 4.11. The van der Waals surface area contributed by atoms with Crippen molar-refractivity contribution in [1.29, 1.82) is 0 Å². The van der Waals surface area contributed by atoms with E-state index < -0.39 is 0 Å². The molecule has 0 bridgehead atoms. The maximum Gasteiger partial charge on any atom is 0.243 e. The summed E-state index contributed by atoms with van der Waals surface area (Å²) in [6.07, 6.45) is 3.89. The fourth-order valence-corrected chi connectivity index (χ4v) is 0.982. The lowest BCUT2D eigenvalue weighted by molar-refractivity contribution is -0.116. The van der Waals surface area contributed by atoms with Gasteiger partial charge in [0.15, 0.2) is 0 Å². The fourth-order valence-electron chi connectivity index (χ4n) is 0.982. The SMILES string of the molecule is C=CC(=O)NCCc1ccn(C)n1. The molecule has 1 rings (SSSR count). The lowest BCUT2D eigenvalue weighted by atomic mass is 10.3. The first-order chi connectivity index (χ1) is 6.22. The molecule has 4 nitrogen and oxygen atoms in total. The van der Waals surface area contributed by atoms with Crippen molar-refractivity contribution in [2.45, 2.75) is 6.42 Å². The van der Waals surface area contributed by atoms with Crippen molar-refractivity contribution in [1.82, 2.24) is 15.1 Å². The van der Waals surface area contributed by atoms with Crippen LogP contribution in [0.1, 0.15) is 5.69 Å². The lowest BCUT2D eigenvalue weighted by Gasteiger charge is -1.98.